The van der Waals surface area contributed by atoms with Gasteiger partial charge in [-0.3, -0.25) is 9.78 Å². The van der Waals surface area contributed by atoms with Gasteiger partial charge in [0, 0.05) is 22.3 Å². The molecule has 7 nitrogen and oxygen atoms in total. The molecular formula is C12H11Cl2N3O4S. The van der Waals surface area contributed by atoms with Gasteiger partial charge in [0.2, 0.25) is 10.0 Å². The van der Waals surface area contributed by atoms with Gasteiger partial charge < -0.3 is 4.98 Å². The van der Waals surface area contributed by atoms with Crippen LogP contribution in [0.3, 0.4) is 0 Å². The Morgan fingerprint density at radius 3 is 2.45 bits per heavy atom. The van der Waals surface area contributed by atoms with E-state index in [-0.39, 0.29) is 12.2 Å². The first-order chi connectivity index (χ1) is 10.2. The molecule has 0 aliphatic rings. The van der Waals surface area contributed by atoms with Crippen LogP contribution in [0.15, 0.2) is 32.7 Å². The minimum absolute atomic E-state index is 0.0524. The summed E-state index contributed by atoms with van der Waals surface area (Å²) >= 11 is 11.7. The maximum absolute atomic E-state index is 12.2. The van der Waals surface area contributed by atoms with Gasteiger partial charge in [-0.25, -0.2) is 17.9 Å². The zero-order valence-corrected chi connectivity index (χ0v) is 13.6. The zero-order chi connectivity index (χ0) is 16.5. The normalized spacial score (nSPS) is 11.6. The van der Waals surface area contributed by atoms with Gasteiger partial charge in [0.25, 0.3) is 5.56 Å². The molecule has 2 aromatic rings. The van der Waals surface area contributed by atoms with Gasteiger partial charge >= 0.3 is 5.69 Å². The third-order valence-electron chi connectivity index (χ3n) is 2.81. The molecule has 1 heterocycles. The van der Waals surface area contributed by atoms with Crippen LogP contribution in [0.5, 0.6) is 0 Å². The molecule has 0 saturated heterocycles. The average molecular weight is 364 g/mol. The van der Waals surface area contributed by atoms with Gasteiger partial charge in [-0.2, -0.15) is 0 Å². The van der Waals surface area contributed by atoms with E-state index in [0.717, 1.165) is 0 Å². The molecule has 2 rings (SSSR count). The number of halogens is 2. The molecule has 0 aliphatic heterocycles. The Bertz CT molecular complexity index is 934. The molecule has 0 unspecified atom stereocenters. The Morgan fingerprint density at radius 2 is 1.86 bits per heavy atom. The van der Waals surface area contributed by atoms with E-state index in [1.54, 1.807) is 12.1 Å². The minimum Gasteiger partial charge on any atom is -0.310 e. The maximum Gasteiger partial charge on any atom is 0.325 e. The summed E-state index contributed by atoms with van der Waals surface area (Å²) in [7, 11) is -4.12. The molecule has 0 atom stereocenters. The van der Waals surface area contributed by atoms with Gasteiger partial charge in [-0.1, -0.05) is 29.3 Å². The Kier molecular flexibility index (Phi) is 4.76. The first-order valence-electron chi connectivity index (χ1n) is 5.97. The number of rotatable bonds is 4. The SMILES string of the molecule is Cc1[nH]c(=O)[nH]c(=O)c1S(=O)(=O)NCc1ccc(Cl)cc1Cl. The van der Waals surface area contributed by atoms with Crippen LogP contribution in [-0.4, -0.2) is 18.4 Å². The lowest BCUT2D eigenvalue weighted by Crippen LogP contribution is -2.34. The van der Waals surface area contributed by atoms with Crippen molar-refractivity contribution in [3.8, 4) is 0 Å². The predicted molar refractivity (Wildman–Crippen MR) is 82.9 cm³/mol. The van der Waals surface area contributed by atoms with E-state index in [4.69, 9.17) is 23.2 Å². The highest BCUT2D eigenvalue weighted by atomic mass is 35.5. The van der Waals surface area contributed by atoms with E-state index < -0.39 is 26.2 Å². The molecule has 118 valence electrons. The molecular weight excluding hydrogens is 353 g/mol. The second kappa shape index (κ2) is 6.25. The molecule has 0 aliphatic carbocycles. The topological polar surface area (TPSA) is 112 Å². The monoisotopic (exact) mass is 363 g/mol. The average Bonchev–Trinajstić information content (AvgIpc) is 2.35. The van der Waals surface area contributed by atoms with Gasteiger partial charge in [-0.05, 0) is 24.6 Å². The molecule has 10 heteroatoms. The van der Waals surface area contributed by atoms with Crippen molar-refractivity contribution in [2.24, 2.45) is 0 Å². The summed E-state index contributed by atoms with van der Waals surface area (Å²) in [4.78, 5) is 26.3. The Balaban J connectivity index is 2.33. The van der Waals surface area contributed by atoms with Crippen molar-refractivity contribution in [2.45, 2.75) is 18.4 Å². The molecule has 1 aromatic carbocycles. The Labute approximate surface area is 135 Å². The summed E-state index contributed by atoms with van der Waals surface area (Å²) in [6.07, 6.45) is 0. The molecule has 3 N–H and O–H groups in total. The summed E-state index contributed by atoms with van der Waals surface area (Å²) in [6, 6.07) is 4.61. The van der Waals surface area contributed by atoms with Gasteiger partial charge in [-0.15, -0.1) is 0 Å². The number of aryl methyl sites for hydroxylation is 1. The summed E-state index contributed by atoms with van der Waals surface area (Å²) in [5.41, 5.74) is -1.32. The summed E-state index contributed by atoms with van der Waals surface area (Å²) in [6.45, 7) is 1.19. The van der Waals surface area contributed by atoms with Crippen LogP contribution in [0.4, 0.5) is 0 Å². The van der Waals surface area contributed by atoms with Gasteiger partial charge in [0.1, 0.15) is 0 Å². The molecule has 1 aromatic heterocycles. The highest BCUT2D eigenvalue weighted by Crippen LogP contribution is 2.21. The third kappa shape index (κ3) is 3.58. The molecule has 0 saturated carbocycles. The van der Waals surface area contributed by atoms with E-state index in [1.807, 2.05) is 4.98 Å². The number of H-pyrrole nitrogens is 2. The summed E-state index contributed by atoms with van der Waals surface area (Å²) < 4.78 is 26.7. The van der Waals surface area contributed by atoms with Crippen LogP contribution >= 0.6 is 23.2 Å². The Morgan fingerprint density at radius 1 is 1.18 bits per heavy atom. The highest BCUT2D eigenvalue weighted by Gasteiger charge is 2.22. The van der Waals surface area contributed by atoms with Crippen LogP contribution in [0.1, 0.15) is 11.3 Å². The lowest BCUT2D eigenvalue weighted by molar-refractivity contribution is 0.578. The van der Waals surface area contributed by atoms with Crippen molar-refractivity contribution >= 4 is 33.2 Å². The molecule has 0 radical (unpaired) electrons. The number of hydrogen-bond donors (Lipinski definition) is 3. The smallest absolute Gasteiger partial charge is 0.310 e. The number of benzene rings is 1. The minimum atomic E-state index is -4.12. The van der Waals surface area contributed by atoms with Crippen molar-refractivity contribution in [3.63, 3.8) is 0 Å². The quantitative estimate of drug-likeness (QED) is 0.756. The zero-order valence-electron chi connectivity index (χ0n) is 11.2. The fourth-order valence-electron chi connectivity index (χ4n) is 1.82. The van der Waals surface area contributed by atoms with E-state index in [1.165, 1.54) is 13.0 Å². The third-order valence-corrected chi connectivity index (χ3v) is 4.95. The van der Waals surface area contributed by atoms with Crippen molar-refractivity contribution in [1.82, 2.24) is 14.7 Å². The highest BCUT2D eigenvalue weighted by molar-refractivity contribution is 7.89. The lowest BCUT2D eigenvalue weighted by Gasteiger charge is -2.09. The van der Waals surface area contributed by atoms with Crippen LogP contribution in [0.25, 0.3) is 0 Å². The number of aromatic amines is 2. The number of aromatic nitrogens is 2. The predicted octanol–water partition coefficient (Wildman–Crippen LogP) is 1.16. The number of sulfonamides is 1. The van der Waals surface area contributed by atoms with E-state index in [0.29, 0.717) is 15.6 Å². The Hall–Kier alpha value is -1.61. The first kappa shape index (κ1) is 16.8. The van der Waals surface area contributed by atoms with Crippen molar-refractivity contribution in [3.05, 3.63) is 60.3 Å². The molecule has 0 bridgehead atoms. The van der Waals surface area contributed by atoms with Crippen molar-refractivity contribution in [2.75, 3.05) is 0 Å². The van der Waals surface area contributed by atoms with Crippen LogP contribution < -0.4 is 16.0 Å². The van der Waals surface area contributed by atoms with Crippen molar-refractivity contribution in [1.29, 1.82) is 0 Å². The van der Waals surface area contributed by atoms with Crippen LogP contribution in [0.2, 0.25) is 10.0 Å². The van der Waals surface area contributed by atoms with E-state index >= 15 is 0 Å². The molecule has 0 amide bonds. The molecule has 0 fully saturated rings. The fraction of sp³-hybridized carbons (Fsp3) is 0.167. The number of hydrogen-bond acceptors (Lipinski definition) is 4. The molecule has 22 heavy (non-hydrogen) atoms. The second-order valence-electron chi connectivity index (χ2n) is 4.42. The van der Waals surface area contributed by atoms with Gasteiger partial charge in [0.15, 0.2) is 4.90 Å². The summed E-state index contributed by atoms with van der Waals surface area (Å²) in [5, 5.41) is 0.715. The van der Waals surface area contributed by atoms with Crippen molar-refractivity contribution < 1.29 is 8.42 Å². The maximum atomic E-state index is 12.2. The largest absolute Gasteiger partial charge is 0.325 e. The van der Waals surface area contributed by atoms with Crippen LogP contribution in [-0.2, 0) is 16.6 Å². The molecule has 0 spiro atoms. The van der Waals surface area contributed by atoms with E-state index in [2.05, 4.69) is 9.71 Å². The second-order valence-corrected chi connectivity index (χ2v) is 6.97. The fourth-order valence-corrected chi connectivity index (χ4v) is 3.54. The first-order valence-corrected chi connectivity index (χ1v) is 8.21. The van der Waals surface area contributed by atoms with Gasteiger partial charge in [0.05, 0.1) is 0 Å². The summed E-state index contributed by atoms with van der Waals surface area (Å²) in [5.74, 6) is 0. The number of nitrogens with one attached hydrogen (secondary N) is 3. The standard InChI is InChI=1S/C12H11Cl2N3O4S/c1-6-10(11(18)17-12(19)16-6)22(20,21)15-5-7-2-3-8(13)4-9(7)14/h2-4,15H,5H2,1H3,(H2,16,17,18,19). The lowest BCUT2D eigenvalue weighted by atomic mass is 10.2. The van der Waals surface area contributed by atoms with E-state index in [9.17, 15) is 18.0 Å². The van der Waals surface area contributed by atoms with Crippen LogP contribution in [0, 0.1) is 6.92 Å².